The second kappa shape index (κ2) is 7.68. The first-order valence-corrected chi connectivity index (χ1v) is 10.3. The molecule has 0 saturated heterocycles. The Bertz CT molecular complexity index is 1340. The summed E-state index contributed by atoms with van der Waals surface area (Å²) in [6, 6.07) is 20.1. The summed E-state index contributed by atoms with van der Waals surface area (Å²) in [5.41, 5.74) is 0.876. The Morgan fingerprint density at radius 2 is 1.87 bits per heavy atom. The summed E-state index contributed by atoms with van der Waals surface area (Å²) >= 11 is 1.31. The van der Waals surface area contributed by atoms with Crippen molar-refractivity contribution in [1.29, 1.82) is 0 Å². The number of carbonyl (C=O) groups is 1. The van der Waals surface area contributed by atoms with Gasteiger partial charge in [0.1, 0.15) is 11.3 Å². The van der Waals surface area contributed by atoms with Crippen LogP contribution in [-0.2, 0) is 6.54 Å². The highest BCUT2D eigenvalue weighted by atomic mass is 32.1. The molecule has 0 atom stereocenters. The minimum absolute atomic E-state index is 0.168. The summed E-state index contributed by atoms with van der Waals surface area (Å²) in [6.07, 6.45) is 3.54. The molecule has 5 rings (SSSR count). The molecule has 2 aromatic heterocycles. The van der Waals surface area contributed by atoms with Gasteiger partial charge in [-0.2, -0.15) is 5.10 Å². The van der Waals surface area contributed by atoms with Crippen molar-refractivity contribution in [3.63, 3.8) is 0 Å². The fourth-order valence-electron chi connectivity index (χ4n) is 3.50. The number of fused-ring (bicyclic) bond motifs is 2. The Labute approximate surface area is 176 Å². The quantitative estimate of drug-likeness (QED) is 0.399. The number of benzene rings is 3. The number of hydrogen-bond donors (Lipinski definition) is 0. The molecule has 0 bridgehead atoms. The molecule has 0 fully saturated rings. The lowest BCUT2D eigenvalue weighted by molar-refractivity contribution is 0.0987. The molecule has 0 aliphatic heterocycles. The smallest absolute Gasteiger partial charge is 0.260 e. The van der Waals surface area contributed by atoms with Gasteiger partial charge in [0.25, 0.3) is 5.91 Å². The Balaban J connectivity index is 1.59. The highest BCUT2D eigenvalue weighted by Gasteiger charge is 2.23. The number of halogens is 1. The summed E-state index contributed by atoms with van der Waals surface area (Å²) in [7, 11) is 0. The van der Waals surface area contributed by atoms with Crippen molar-refractivity contribution in [2.45, 2.75) is 6.54 Å². The van der Waals surface area contributed by atoms with Crippen LogP contribution in [0.4, 0.5) is 9.52 Å². The number of rotatable bonds is 5. The fraction of sp³-hybridized carbons (Fsp3) is 0.0870. The van der Waals surface area contributed by atoms with E-state index in [-0.39, 0.29) is 17.2 Å². The molecular weight excluding hydrogens is 399 g/mol. The number of anilines is 1. The summed E-state index contributed by atoms with van der Waals surface area (Å²) in [5, 5.41) is 6.56. The van der Waals surface area contributed by atoms with Crippen LogP contribution in [0.3, 0.4) is 0 Å². The Morgan fingerprint density at radius 3 is 2.70 bits per heavy atom. The summed E-state index contributed by atoms with van der Waals surface area (Å²) < 4.78 is 16.7. The predicted molar refractivity (Wildman–Crippen MR) is 117 cm³/mol. The van der Waals surface area contributed by atoms with E-state index in [9.17, 15) is 9.18 Å². The number of amides is 1. The van der Waals surface area contributed by atoms with E-state index in [1.54, 1.807) is 21.8 Å². The molecule has 5 aromatic rings. The average molecular weight is 416 g/mol. The minimum Gasteiger partial charge on any atom is -0.282 e. The van der Waals surface area contributed by atoms with Gasteiger partial charge < -0.3 is 0 Å². The number of thiazole rings is 1. The molecule has 0 radical (unpaired) electrons. The second-order valence-electron chi connectivity index (χ2n) is 6.84. The van der Waals surface area contributed by atoms with Crippen LogP contribution in [0.15, 0.2) is 79.1 Å². The largest absolute Gasteiger partial charge is 0.282 e. The Hall–Kier alpha value is -3.58. The van der Waals surface area contributed by atoms with Crippen LogP contribution >= 0.6 is 11.3 Å². The van der Waals surface area contributed by atoms with E-state index in [4.69, 9.17) is 0 Å². The molecule has 0 aliphatic carbocycles. The maximum absolute atomic E-state index is 14.2. The predicted octanol–water partition coefficient (Wildman–Crippen LogP) is 5.13. The maximum atomic E-state index is 14.2. The zero-order valence-electron chi connectivity index (χ0n) is 15.9. The number of nitrogens with zero attached hydrogens (tertiary/aromatic N) is 4. The first-order valence-electron chi connectivity index (χ1n) is 9.53. The van der Waals surface area contributed by atoms with Gasteiger partial charge in [-0.05, 0) is 35.0 Å². The van der Waals surface area contributed by atoms with Crippen LogP contribution in [0.25, 0.3) is 21.0 Å². The molecule has 0 aliphatic rings. The van der Waals surface area contributed by atoms with Crippen LogP contribution in [0.1, 0.15) is 10.4 Å². The zero-order chi connectivity index (χ0) is 20.5. The third-order valence-corrected chi connectivity index (χ3v) is 6.01. The molecule has 0 unspecified atom stereocenters. The van der Waals surface area contributed by atoms with Crippen LogP contribution < -0.4 is 4.90 Å². The van der Waals surface area contributed by atoms with Gasteiger partial charge in [0, 0.05) is 24.5 Å². The topological polar surface area (TPSA) is 51.0 Å². The molecule has 0 saturated carbocycles. The van der Waals surface area contributed by atoms with Gasteiger partial charge in [0.2, 0.25) is 0 Å². The first-order chi connectivity index (χ1) is 14.7. The third kappa shape index (κ3) is 3.33. The van der Waals surface area contributed by atoms with E-state index >= 15 is 0 Å². The van der Waals surface area contributed by atoms with Gasteiger partial charge in [-0.15, -0.1) is 0 Å². The monoisotopic (exact) mass is 416 g/mol. The fourth-order valence-corrected chi connectivity index (χ4v) is 4.50. The SMILES string of the molecule is O=C(c1cccc2ccccc12)N(CCn1cccn1)c1nc2c(F)cccc2s1. The van der Waals surface area contributed by atoms with E-state index in [2.05, 4.69) is 10.1 Å². The van der Waals surface area contributed by atoms with Crippen molar-refractivity contribution in [2.75, 3.05) is 11.4 Å². The van der Waals surface area contributed by atoms with E-state index < -0.39 is 0 Å². The summed E-state index contributed by atoms with van der Waals surface area (Å²) in [4.78, 5) is 19.7. The third-order valence-electron chi connectivity index (χ3n) is 4.97. The standard InChI is InChI=1S/C23H17FN4OS/c24-19-10-4-11-20-21(19)26-23(30-20)28(15-14-27-13-5-12-25-27)22(29)18-9-3-7-16-6-1-2-8-17(16)18/h1-13H,14-15H2. The van der Waals surface area contributed by atoms with E-state index in [1.165, 1.54) is 17.4 Å². The second-order valence-corrected chi connectivity index (χ2v) is 7.84. The molecule has 2 heterocycles. The lowest BCUT2D eigenvalue weighted by Gasteiger charge is -2.21. The van der Waals surface area contributed by atoms with E-state index in [0.29, 0.717) is 28.5 Å². The van der Waals surface area contributed by atoms with Crippen LogP contribution in [-0.4, -0.2) is 27.2 Å². The van der Waals surface area contributed by atoms with Gasteiger partial charge in [-0.3, -0.25) is 14.4 Å². The summed E-state index contributed by atoms with van der Waals surface area (Å²) in [5.74, 6) is -0.557. The lowest BCUT2D eigenvalue weighted by Crippen LogP contribution is -2.34. The first kappa shape index (κ1) is 18.4. The van der Waals surface area contributed by atoms with Crippen LogP contribution in [0, 0.1) is 5.82 Å². The van der Waals surface area contributed by atoms with E-state index in [0.717, 1.165) is 10.8 Å². The lowest BCUT2D eigenvalue weighted by atomic mass is 10.0. The van der Waals surface area contributed by atoms with Gasteiger partial charge in [-0.1, -0.05) is 53.8 Å². The molecule has 1 amide bonds. The molecular formula is C23H17FN4OS. The van der Waals surface area contributed by atoms with Crippen LogP contribution in [0.5, 0.6) is 0 Å². The molecule has 3 aromatic carbocycles. The van der Waals surface area contributed by atoms with Crippen molar-refractivity contribution in [1.82, 2.24) is 14.8 Å². The van der Waals surface area contributed by atoms with E-state index in [1.807, 2.05) is 60.8 Å². The number of aromatic nitrogens is 3. The number of carbonyl (C=O) groups excluding carboxylic acids is 1. The molecule has 0 spiro atoms. The molecule has 7 heteroatoms. The van der Waals surface area contributed by atoms with Gasteiger partial charge in [-0.25, -0.2) is 9.37 Å². The minimum atomic E-state index is -0.389. The van der Waals surface area contributed by atoms with Crippen LogP contribution in [0.2, 0.25) is 0 Å². The van der Waals surface area contributed by atoms with Crippen molar-refractivity contribution in [3.8, 4) is 0 Å². The molecule has 5 nitrogen and oxygen atoms in total. The van der Waals surface area contributed by atoms with Gasteiger partial charge in [0.15, 0.2) is 5.13 Å². The molecule has 0 N–H and O–H groups in total. The highest BCUT2D eigenvalue weighted by Crippen LogP contribution is 2.32. The normalized spacial score (nSPS) is 11.2. The van der Waals surface area contributed by atoms with Gasteiger partial charge >= 0.3 is 0 Å². The maximum Gasteiger partial charge on any atom is 0.260 e. The molecule has 30 heavy (non-hydrogen) atoms. The Morgan fingerprint density at radius 1 is 1.03 bits per heavy atom. The number of hydrogen-bond acceptors (Lipinski definition) is 4. The zero-order valence-corrected chi connectivity index (χ0v) is 16.7. The highest BCUT2D eigenvalue weighted by molar-refractivity contribution is 7.22. The van der Waals surface area contributed by atoms with Crippen molar-refractivity contribution < 1.29 is 9.18 Å². The summed E-state index contributed by atoms with van der Waals surface area (Å²) in [6.45, 7) is 0.868. The van der Waals surface area contributed by atoms with Crippen molar-refractivity contribution in [2.24, 2.45) is 0 Å². The average Bonchev–Trinajstić information content (AvgIpc) is 3.44. The number of para-hydroxylation sites is 1. The van der Waals surface area contributed by atoms with Crippen molar-refractivity contribution in [3.05, 3.63) is 90.5 Å². The Kier molecular flexibility index (Phi) is 4.72. The van der Waals surface area contributed by atoms with Crippen molar-refractivity contribution >= 4 is 43.4 Å². The van der Waals surface area contributed by atoms with Gasteiger partial charge in [0.05, 0.1) is 11.2 Å². The molecule has 148 valence electrons.